The Bertz CT molecular complexity index is 625. The monoisotopic (exact) mass is 300 g/mol. The van der Waals surface area contributed by atoms with E-state index in [2.05, 4.69) is 14.9 Å². The maximum Gasteiger partial charge on any atom is 0.248 e. The van der Waals surface area contributed by atoms with Crippen LogP contribution in [0, 0.1) is 0 Å². The molecular formula is C16H20N4O2. The number of anilines is 2. The first-order valence-corrected chi connectivity index (χ1v) is 7.45. The summed E-state index contributed by atoms with van der Waals surface area (Å²) in [5, 5.41) is 0. The van der Waals surface area contributed by atoms with Crippen LogP contribution in [-0.4, -0.2) is 30.2 Å². The van der Waals surface area contributed by atoms with Gasteiger partial charge >= 0.3 is 0 Å². The van der Waals surface area contributed by atoms with Crippen molar-refractivity contribution >= 4 is 11.5 Å². The van der Waals surface area contributed by atoms with Crippen LogP contribution in [0.5, 0.6) is 17.4 Å². The number of methoxy groups -OCH3 is 1. The third kappa shape index (κ3) is 3.05. The summed E-state index contributed by atoms with van der Waals surface area (Å²) >= 11 is 0. The van der Waals surface area contributed by atoms with Crippen LogP contribution in [0.15, 0.2) is 30.6 Å². The number of rotatable bonds is 4. The van der Waals surface area contributed by atoms with Gasteiger partial charge in [0.25, 0.3) is 0 Å². The summed E-state index contributed by atoms with van der Waals surface area (Å²) in [6.45, 7) is 1.95. The first kappa shape index (κ1) is 14.4. The molecule has 2 aromatic rings. The van der Waals surface area contributed by atoms with Gasteiger partial charge in [0.2, 0.25) is 5.88 Å². The van der Waals surface area contributed by atoms with Gasteiger partial charge in [-0.3, -0.25) is 0 Å². The predicted molar refractivity (Wildman–Crippen MR) is 85.6 cm³/mol. The molecule has 22 heavy (non-hydrogen) atoms. The normalized spacial score (nSPS) is 14.7. The second-order valence-corrected chi connectivity index (χ2v) is 5.24. The minimum Gasteiger partial charge on any atom is -0.497 e. The molecule has 1 aromatic carbocycles. The molecule has 0 unspecified atom stereocenters. The van der Waals surface area contributed by atoms with Crippen molar-refractivity contribution in [3.63, 3.8) is 0 Å². The van der Waals surface area contributed by atoms with Crippen molar-refractivity contribution in [3.05, 3.63) is 30.6 Å². The first-order chi connectivity index (χ1) is 10.8. The molecule has 6 heteroatoms. The standard InChI is InChI=1S/C16H20N4O2/c1-21-12-5-7-13(8-6-12)22-16-14(17)15(18-11-19-16)20-9-3-2-4-10-20/h5-8,11H,2-4,9-10,17H2,1H3. The van der Waals surface area contributed by atoms with Crippen molar-refractivity contribution in [1.82, 2.24) is 9.97 Å². The number of piperidine rings is 1. The lowest BCUT2D eigenvalue weighted by Gasteiger charge is -2.28. The van der Waals surface area contributed by atoms with Gasteiger partial charge in [0.05, 0.1) is 7.11 Å². The van der Waals surface area contributed by atoms with Gasteiger partial charge in [-0.2, -0.15) is 4.98 Å². The van der Waals surface area contributed by atoms with Gasteiger partial charge in [-0.05, 0) is 43.5 Å². The van der Waals surface area contributed by atoms with Crippen LogP contribution in [-0.2, 0) is 0 Å². The van der Waals surface area contributed by atoms with Crippen LogP contribution >= 0.6 is 0 Å². The first-order valence-electron chi connectivity index (χ1n) is 7.45. The van der Waals surface area contributed by atoms with Gasteiger partial charge < -0.3 is 20.1 Å². The molecule has 1 fully saturated rings. The zero-order valence-corrected chi connectivity index (χ0v) is 12.7. The van der Waals surface area contributed by atoms with Crippen LogP contribution in [0.1, 0.15) is 19.3 Å². The molecule has 0 amide bonds. The fourth-order valence-electron chi connectivity index (χ4n) is 2.57. The lowest BCUT2D eigenvalue weighted by molar-refractivity contribution is 0.412. The van der Waals surface area contributed by atoms with E-state index in [1.807, 2.05) is 24.3 Å². The van der Waals surface area contributed by atoms with E-state index in [-0.39, 0.29) is 0 Å². The summed E-state index contributed by atoms with van der Waals surface area (Å²) in [6, 6.07) is 7.30. The maximum atomic E-state index is 6.20. The van der Waals surface area contributed by atoms with Gasteiger partial charge in [-0.25, -0.2) is 4.98 Å². The van der Waals surface area contributed by atoms with Gasteiger partial charge in [0.15, 0.2) is 5.82 Å². The van der Waals surface area contributed by atoms with Crippen molar-refractivity contribution < 1.29 is 9.47 Å². The van der Waals surface area contributed by atoms with Crippen LogP contribution in [0.2, 0.25) is 0 Å². The van der Waals surface area contributed by atoms with E-state index in [1.54, 1.807) is 7.11 Å². The lowest BCUT2D eigenvalue weighted by Crippen LogP contribution is -2.31. The molecule has 1 aromatic heterocycles. The molecule has 116 valence electrons. The molecule has 1 aliphatic heterocycles. The molecular weight excluding hydrogens is 280 g/mol. The molecule has 0 atom stereocenters. The Kier molecular flexibility index (Phi) is 4.27. The average molecular weight is 300 g/mol. The highest BCUT2D eigenvalue weighted by molar-refractivity contribution is 5.68. The number of nitrogen functional groups attached to an aromatic ring is 1. The zero-order valence-electron chi connectivity index (χ0n) is 12.7. The summed E-state index contributed by atoms with van der Waals surface area (Å²) in [5.41, 5.74) is 6.69. The molecule has 0 bridgehead atoms. The number of nitrogens with two attached hydrogens (primary N) is 1. The molecule has 0 radical (unpaired) electrons. The zero-order chi connectivity index (χ0) is 15.4. The van der Waals surface area contributed by atoms with Gasteiger partial charge in [-0.1, -0.05) is 0 Å². The Morgan fingerprint density at radius 1 is 1.00 bits per heavy atom. The van der Waals surface area contributed by atoms with Crippen LogP contribution < -0.4 is 20.1 Å². The minimum atomic E-state index is 0.390. The molecule has 0 saturated carbocycles. The topological polar surface area (TPSA) is 73.5 Å². The van der Waals surface area contributed by atoms with Gasteiger partial charge in [-0.15, -0.1) is 0 Å². The largest absolute Gasteiger partial charge is 0.497 e. The van der Waals surface area contributed by atoms with Crippen molar-refractivity contribution in [3.8, 4) is 17.4 Å². The summed E-state index contributed by atoms with van der Waals surface area (Å²) in [7, 11) is 1.63. The Hall–Kier alpha value is -2.50. The number of benzene rings is 1. The summed E-state index contributed by atoms with van der Waals surface area (Å²) in [6.07, 6.45) is 5.09. The summed E-state index contributed by atoms with van der Waals surface area (Å²) in [5.74, 6) is 2.59. The number of aromatic nitrogens is 2. The third-order valence-electron chi connectivity index (χ3n) is 3.76. The third-order valence-corrected chi connectivity index (χ3v) is 3.76. The average Bonchev–Trinajstić information content (AvgIpc) is 2.58. The van der Waals surface area contributed by atoms with E-state index in [4.69, 9.17) is 15.2 Å². The summed E-state index contributed by atoms with van der Waals surface area (Å²) in [4.78, 5) is 10.7. The smallest absolute Gasteiger partial charge is 0.248 e. The van der Waals surface area contributed by atoms with E-state index in [9.17, 15) is 0 Å². The highest BCUT2D eigenvalue weighted by Crippen LogP contribution is 2.32. The molecule has 1 aliphatic rings. The maximum absolute atomic E-state index is 6.20. The van der Waals surface area contributed by atoms with E-state index < -0.39 is 0 Å². The quantitative estimate of drug-likeness (QED) is 0.936. The number of hydrogen-bond acceptors (Lipinski definition) is 6. The molecule has 2 heterocycles. The fraction of sp³-hybridized carbons (Fsp3) is 0.375. The van der Waals surface area contributed by atoms with Crippen molar-refractivity contribution in [2.24, 2.45) is 0 Å². The second kappa shape index (κ2) is 6.51. The number of nitrogens with zero attached hydrogens (tertiary/aromatic N) is 3. The molecule has 6 nitrogen and oxygen atoms in total. The van der Waals surface area contributed by atoms with Crippen molar-refractivity contribution in [2.45, 2.75) is 19.3 Å². The van der Waals surface area contributed by atoms with Crippen LogP contribution in [0.25, 0.3) is 0 Å². The van der Waals surface area contributed by atoms with Crippen LogP contribution in [0.3, 0.4) is 0 Å². The lowest BCUT2D eigenvalue weighted by atomic mass is 10.1. The second-order valence-electron chi connectivity index (χ2n) is 5.24. The predicted octanol–water partition coefficient (Wildman–Crippen LogP) is 2.85. The van der Waals surface area contributed by atoms with Gasteiger partial charge in [0, 0.05) is 13.1 Å². The van der Waals surface area contributed by atoms with E-state index in [0.717, 1.165) is 37.5 Å². The van der Waals surface area contributed by atoms with E-state index >= 15 is 0 Å². The SMILES string of the molecule is COc1ccc(Oc2ncnc(N3CCCCC3)c2N)cc1. The molecule has 0 spiro atoms. The highest BCUT2D eigenvalue weighted by Gasteiger charge is 2.18. The van der Waals surface area contributed by atoms with E-state index in [0.29, 0.717) is 17.3 Å². The summed E-state index contributed by atoms with van der Waals surface area (Å²) < 4.78 is 10.9. The Morgan fingerprint density at radius 2 is 1.68 bits per heavy atom. The highest BCUT2D eigenvalue weighted by atomic mass is 16.5. The Balaban J connectivity index is 1.81. The van der Waals surface area contributed by atoms with Crippen LogP contribution in [0.4, 0.5) is 11.5 Å². The van der Waals surface area contributed by atoms with Gasteiger partial charge in [0.1, 0.15) is 23.5 Å². The minimum absolute atomic E-state index is 0.390. The fourth-order valence-corrected chi connectivity index (χ4v) is 2.57. The molecule has 0 aliphatic carbocycles. The van der Waals surface area contributed by atoms with Crippen molar-refractivity contribution in [2.75, 3.05) is 30.8 Å². The Labute approximate surface area is 129 Å². The number of ether oxygens (including phenoxy) is 2. The van der Waals surface area contributed by atoms with E-state index in [1.165, 1.54) is 12.7 Å². The Morgan fingerprint density at radius 3 is 2.36 bits per heavy atom. The molecule has 2 N–H and O–H groups in total. The number of hydrogen-bond donors (Lipinski definition) is 1. The van der Waals surface area contributed by atoms with Crippen molar-refractivity contribution in [1.29, 1.82) is 0 Å². The molecule has 1 saturated heterocycles. The molecule has 3 rings (SSSR count).